The lowest BCUT2D eigenvalue weighted by Crippen LogP contribution is -2.46. The molecule has 4 rings (SSSR count). The monoisotopic (exact) mass is 329 g/mol. The molecule has 0 aliphatic carbocycles. The standard InChI is InChI=1S/C20H19N5/c21-13-16-6-7-19(23-14-16)25-11-9-24(10-12-25)15-18-4-1-3-17-5-2-8-22-20(17)18/h1-8,14H,9-12,15H2. The SMILES string of the molecule is N#Cc1ccc(N2CCN(Cc3cccc4cccnc34)CC2)nc1. The first-order valence-electron chi connectivity index (χ1n) is 8.49. The lowest BCUT2D eigenvalue weighted by molar-refractivity contribution is 0.250. The van der Waals surface area contributed by atoms with Crippen molar-refractivity contribution in [3.8, 4) is 6.07 Å². The Balaban J connectivity index is 1.42. The van der Waals surface area contributed by atoms with E-state index in [-0.39, 0.29) is 0 Å². The van der Waals surface area contributed by atoms with Crippen LogP contribution < -0.4 is 4.90 Å². The molecule has 0 unspecified atom stereocenters. The van der Waals surface area contributed by atoms with Gasteiger partial charge in [0.2, 0.25) is 0 Å². The Morgan fingerprint density at radius 2 is 1.80 bits per heavy atom. The van der Waals surface area contributed by atoms with E-state index in [0.717, 1.165) is 44.1 Å². The second kappa shape index (κ2) is 6.88. The summed E-state index contributed by atoms with van der Waals surface area (Å²) in [7, 11) is 0. The van der Waals surface area contributed by atoms with Gasteiger partial charge in [-0.3, -0.25) is 9.88 Å². The van der Waals surface area contributed by atoms with Crippen LogP contribution in [-0.2, 0) is 6.54 Å². The Bertz CT molecular complexity index is 900. The van der Waals surface area contributed by atoms with Gasteiger partial charge in [-0.25, -0.2) is 4.98 Å². The molecule has 1 aliphatic heterocycles. The topological polar surface area (TPSA) is 56.1 Å². The summed E-state index contributed by atoms with van der Waals surface area (Å²) in [4.78, 5) is 13.7. The van der Waals surface area contributed by atoms with E-state index >= 15 is 0 Å². The van der Waals surface area contributed by atoms with Crippen molar-refractivity contribution in [2.24, 2.45) is 0 Å². The third kappa shape index (κ3) is 3.30. The van der Waals surface area contributed by atoms with Gasteiger partial charge in [-0.15, -0.1) is 0 Å². The number of hydrogen-bond donors (Lipinski definition) is 0. The number of rotatable bonds is 3. The molecule has 2 aromatic heterocycles. The molecule has 1 saturated heterocycles. The van der Waals surface area contributed by atoms with E-state index in [2.05, 4.69) is 50.1 Å². The minimum absolute atomic E-state index is 0.603. The van der Waals surface area contributed by atoms with Crippen LogP contribution in [0.2, 0.25) is 0 Å². The normalized spacial score (nSPS) is 15.2. The Morgan fingerprint density at radius 1 is 0.960 bits per heavy atom. The summed E-state index contributed by atoms with van der Waals surface area (Å²) < 4.78 is 0. The molecule has 0 atom stereocenters. The number of anilines is 1. The Morgan fingerprint density at radius 3 is 2.56 bits per heavy atom. The van der Waals surface area contributed by atoms with Gasteiger partial charge < -0.3 is 4.90 Å². The first-order valence-corrected chi connectivity index (χ1v) is 8.49. The summed E-state index contributed by atoms with van der Waals surface area (Å²) in [6, 6.07) is 16.4. The number of hydrogen-bond acceptors (Lipinski definition) is 5. The van der Waals surface area contributed by atoms with Crippen molar-refractivity contribution in [1.82, 2.24) is 14.9 Å². The van der Waals surface area contributed by atoms with Crippen molar-refractivity contribution in [1.29, 1.82) is 5.26 Å². The van der Waals surface area contributed by atoms with Crippen molar-refractivity contribution < 1.29 is 0 Å². The molecule has 0 bridgehead atoms. The number of fused-ring (bicyclic) bond motifs is 1. The zero-order valence-electron chi connectivity index (χ0n) is 14.0. The predicted octanol–water partition coefficient (Wildman–Crippen LogP) is 2.82. The van der Waals surface area contributed by atoms with Gasteiger partial charge in [0.25, 0.3) is 0 Å². The largest absolute Gasteiger partial charge is 0.354 e. The third-order valence-corrected chi connectivity index (χ3v) is 4.68. The van der Waals surface area contributed by atoms with Gasteiger partial charge >= 0.3 is 0 Å². The Hall–Kier alpha value is -2.97. The van der Waals surface area contributed by atoms with Crippen LogP contribution in [0, 0.1) is 11.3 Å². The van der Waals surface area contributed by atoms with Crippen molar-refractivity contribution in [2.45, 2.75) is 6.54 Å². The molecule has 1 aromatic carbocycles. The molecule has 0 amide bonds. The second-order valence-corrected chi connectivity index (χ2v) is 6.27. The average Bonchev–Trinajstić information content (AvgIpc) is 2.69. The molecule has 1 aliphatic rings. The average molecular weight is 329 g/mol. The minimum Gasteiger partial charge on any atom is -0.354 e. The number of para-hydroxylation sites is 1. The van der Waals surface area contributed by atoms with Crippen LogP contribution in [-0.4, -0.2) is 41.0 Å². The van der Waals surface area contributed by atoms with Crippen LogP contribution in [0.5, 0.6) is 0 Å². The lowest BCUT2D eigenvalue weighted by Gasteiger charge is -2.35. The van der Waals surface area contributed by atoms with Crippen molar-refractivity contribution >= 4 is 16.7 Å². The highest BCUT2D eigenvalue weighted by Crippen LogP contribution is 2.19. The third-order valence-electron chi connectivity index (χ3n) is 4.68. The molecule has 25 heavy (non-hydrogen) atoms. The summed E-state index contributed by atoms with van der Waals surface area (Å²) in [5.41, 5.74) is 2.98. The molecule has 5 heteroatoms. The summed E-state index contributed by atoms with van der Waals surface area (Å²) in [6.45, 7) is 4.78. The van der Waals surface area contributed by atoms with Gasteiger partial charge in [0.1, 0.15) is 11.9 Å². The number of aromatic nitrogens is 2. The highest BCUT2D eigenvalue weighted by atomic mass is 15.3. The Kier molecular flexibility index (Phi) is 4.28. The van der Waals surface area contributed by atoms with Gasteiger partial charge in [-0.05, 0) is 23.8 Å². The quantitative estimate of drug-likeness (QED) is 0.739. The maximum absolute atomic E-state index is 8.87. The lowest BCUT2D eigenvalue weighted by atomic mass is 10.1. The number of nitrogens with zero attached hydrogens (tertiary/aromatic N) is 5. The van der Waals surface area contributed by atoms with Gasteiger partial charge in [0.15, 0.2) is 0 Å². The highest BCUT2D eigenvalue weighted by Gasteiger charge is 2.18. The van der Waals surface area contributed by atoms with Gasteiger partial charge in [0, 0.05) is 50.5 Å². The summed E-state index contributed by atoms with van der Waals surface area (Å²) in [5, 5.41) is 10.1. The fraction of sp³-hybridized carbons (Fsp3) is 0.250. The van der Waals surface area contributed by atoms with Crippen LogP contribution >= 0.6 is 0 Å². The molecule has 0 radical (unpaired) electrons. The summed E-state index contributed by atoms with van der Waals surface area (Å²) >= 11 is 0. The fourth-order valence-electron chi connectivity index (χ4n) is 3.31. The summed E-state index contributed by atoms with van der Waals surface area (Å²) in [6.07, 6.45) is 3.50. The molecule has 3 aromatic rings. The summed E-state index contributed by atoms with van der Waals surface area (Å²) in [5.74, 6) is 0.950. The zero-order chi connectivity index (χ0) is 17.1. The molecule has 1 fully saturated rings. The van der Waals surface area contributed by atoms with Gasteiger partial charge in [-0.1, -0.05) is 24.3 Å². The first kappa shape index (κ1) is 15.6. The van der Waals surface area contributed by atoms with Crippen LogP contribution in [0.4, 0.5) is 5.82 Å². The zero-order valence-corrected chi connectivity index (χ0v) is 14.0. The molecular formula is C20H19N5. The number of nitriles is 1. The molecule has 0 N–H and O–H groups in total. The number of pyridine rings is 2. The predicted molar refractivity (Wildman–Crippen MR) is 98.2 cm³/mol. The number of piperazine rings is 1. The maximum atomic E-state index is 8.87. The van der Waals surface area contributed by atoms with E-state index in [1.54, 1.807) is 6.20 Å². The van der Waals surface area contributed by atoms with E-state index in [9.17, 15) is 0 Å². The maximum Gasteiger partial charge on any atom is 0.128 e. The van der Waals surface area contributed by atoms with Crippen LogP contribution in [0.25, 0.3) is 10.9 Å². The van der Waals surface area contributed by atoms with Gasteiger partial charge in [0.05, 0.1) is 11.1 Å². The molecule has 5 nitrogen and oxygen atoms in total. The van der Waals surface area contributed by atoms with E-state index in [1.165, 1.54) is 10.9 Å². The van der Waals surface area contributed by atoms with Crippen molar-refractivity contribution in [3.63, 3.8) is 0 Å². The van der Waals surface area contributed by atoms with E-state index < -0.39 is 0 Å². The second-order valence-electron chi connectivity index (χ2n) is 6.27. The molecular weight excluding hydrogens is 310 g/mol. The van der Waals surface area contributed by atoms with E-state index in [1.807, 2.05) is 24.4 Å². The van der Waals surface area contributed by atoms with Crippen molar-refractivity contribution in [3.05, 3.63) is 66.0 Å². The molecule has 124 valence electrons. The van der Waals surface area contributed by atoms with Crippen molar-refractivity contribution in [2.75, 3.05) is 31.1 Å². The molecule has 0 saturated carbocycles. The number of benzene rings is 1. The van der Waals surface area contributed by atoms with E-state index in [0.29, 0.717) is 5.56 Å². The fourth-order valence-corrected chi connectivity index (χ4v) is 3.31. The van der Waals surface area contributed by atoms with E-state index in [4.69, 9.17) is 5.26 Å². The first-order chi connectivity index (χ1) is 12.3. The van der Waals surface area contributed by atoms with Crippen LogP contribution in [0.3, 0.4) is 0 Å². The smallest absolute Gasteiger partial charge is 0.128 e. The highest BCUT2D eigenvalue weighted by molar-refractivity contribution is 5.81. The molecule has 0 spiro atoms. The molecule has 3 heterocycles. The van der Waals surface area contributed by atoms with Crippen LogP contribution in [0.15, 0.2) is 54.9 Å². The minimum atomic E-state index is 0.603. The van der Waals surface area contributed by atoms with Crippen LogP contribution in [0.1, 0.15) is 11.1 Å². The van der Waals surface area contributed by atoms with Gasteiger partial charge in [-0.2, -0.15) is 5.26 Å². The Labute approximate surface area is 147 Å².